The van der Waals surface area contributed by atoms with Crippen LogP contribution in [0.2, 0.25) is 0 Å². The van der Waals surface area contributed by atoms with Gasteiger partial charge in [0, 0.05) is 25.2 Å². The number of hydrogen-bond donors (Lipinski definition) is 0. The van der Waals surface area contributed by atoms with Crippen molar-refractivity contribution in [3.63, 3.8) is 0 Å². The maximum Gasteiger partial charge on any atom is 0.306 e. The van der Waals surface area contributed by atoms with E-state index in [1.807, 2.05) is 0 Å². The second-order valence-electron chi connectivity index (χ2n) is 11.4. The maximum atomic E-state index is 12.1. The number of cyclic esters (lactones) is 1. The zero-order chi connectivity index (χ0) is 19.0. The fourth-order valence-electron chi connectivity index (χ4n) is 9.01. The normalized spacial score (nSPS) is 54.9. The predicted molar refractivity (Wildman–Crippen MR) is 104 cm³/mol. The molecule has 1 heterocycles. The maximum absolute atomic E-state index is 12.1. The largest absolute Gasteiger partial charge is 0.459 e. The Balaban J connectivity index is 1.42. The van der Waals surface area contributed by atoms with Crippen LogP contribution in [0.4, 0.5) is 0 Å². The summed E-state index contributed by atoms with van der Waals surface area (Å²) in [5.41, 5.74) is 0.486. The molecule has 1 aliphatic heterocycles. The molecule has 3 heteroatoms. The van der Waals surface area contributed by atoms with Gasteiger partial charge in [-0.25, -0.2) is 0 Å². The van der Waals surface area contributed by atoms with Crippen molar-refractivity contribution < 1.29 is 14.3 Å². The number of ether oxygens (including phenoxy) is 1. The molecule has 5 aliphatic rings. The number of ketones is 1. The molecule has 8 atom stereocenters. The summed E-state index contributed by atoms with van der Waals surface area (Å²) in [7, 11) is 0. The molecule has 0 aromatic heterocycles. The monoisotopic (exact) mass is 372 g/mol. The number of fused-ring (bicyclic) bond motifs is 5. The molecule has 1 saturated heterocycles. The van der Waals surface area contributed by atoms with Gasteiger partial charge in [-0.05, 0) is 92.8 Å². The number of carbonyl (C=O) groups is 2. The molecule has 3 nitrogen and oxygen atoms in total. The molecule has 5 fully saturated rings. The molecule has 4 saturated carbocycles. The van der Waals surface area contributed by atoms with E-state index in [4.69, 9.17) is 4.74 Å². The van der Waals surface area contributed by atoms with Gasteiger partial charge < -0.3 is 4.74 Å². The lowest BCUT2D eigenvalue weighted by molar-refractivity contribution is -0.163. The Hall–Kier alpha value is -0.860. The van der Waals surface area contributed by atoms with Gasteiger partial charge in [0.15, 0.2) is 0 Å². The first-order chi connectivity index (χ1) is 12.8. The van der Waals surface area contributed by atoms with E-state index in [-0.39, 0.29) is 11.6 Å². The van der Waals surface area contributed by atoms with Crippen molar-refractivity contribution in [1.82, 2.24) is 0 Å². The highest BCUT2D eigenvalue weighted by Crippen LogP contribution is 2.69. The summed E-state index contributed by atoms with van der Waals surface area (Å²) >= 11 is 0. The minimum absolute atomic E-state index is 0.0122. The zero-order valence-corrected chi connectivity index (χ0v) is 17.4. The quantitative estimate of drug-likeness (QED) is 0.586. The second kappa shape index (κ2) is 5.83. The van der Waals surface area contributed by atoms with Crippen molar-refractivity contribution in [1.29, 1.82) is 0 Å². The second-order valence-corrected chi connectivity index (χ2v) is 11.4. The fraction of sp³-hybridized carbons (Fsp3) is 0.917. The minimum atomic E-state index is -0.230. The standard InChI is InChI=1S/C24H36O3/c1-22-11-8-16(25)14-15(22)4-5-17-18-6-7-20(23(18,2)12-9-19(17)22)24(3)13-10-21(26)27-24/h15,17-20H,4-14H2,1-3H3/t15-,17+,18+,19+,20+,22+,23+,24+/m1/s1. The van der Waals surface area contributed by atoms with Crippen LogP contribution in [-0.4, -0.2) is 17.4 Å². The molecule has 0 aromatic rings. The van der Waals surface area contributed by atoms with E-state index in [9.17, 15) is 9.59 Å². The van der Waals surface area contributed by atoms with Crippen LogP contribution in [0.1, 0.15) is 91.4 Å². The molecule has 27 heavy (non-hydrogen) atoms. The lowest BCUT2D eigenvalue weighted by atomic mass is 9.44. The zero-order valence-electron chi connectivity index (χ0n) is 17.4. The van der Waals surface area contributed by atoms with Crippen LogP contribution in [0, 0.1) is 40.4 Å². The number of hydrogen-bond acceptors (Lipinski definition) is 3. The van der Waals surface area contributed by atoms with Crippen molar-refractivity contribution in [2.24, 2.45) is 40.4 Å². The number of Topliss-reactive ketones (excluding diaryl/α,β-unsaturated/α-hetero) is 1. The summed E-state index contributed by atoms with van der Waals surface area (Å²) in [5.74, 6) is 4.10. The summed E-state index contributed by atoms with van der Waals surface area (Å²) in [6.45, 7) is 7.27. The molecular weight excluding hydrogens is 336 g/mol. The van der Waals surface area contributed by atoms with E-state index in [1.165, 1.54) is 38.5 Å². The summed E-state index contributed by atoms with van der Waals surface area (Å²) in [5, 5.41) is 0. The van der Waals surface area contributed by atoms with E-state index < -0.39 is 0 Å². The molecule has 0 aromatic carbocycles. The van der Waals surface area contributed by atoms with E-state index in [2.05, 4.69) is 20.8 Å². The van der Waals surface area contributed by atoms with Crippen molar-refractivity contribution in [2.45, 2.75) is 97.0 Å². The highest BCUT2D eigenvalue weighted by molar-refractivity contribution is 5.79. The molecule has 0 unspecified atom stereocenters. The molecular formula is C24H36O3. The molecule has 0 radical (unpaired) electrons. The summed E-state index contributed by atoms with van der Waals surface area (Å²) < 4.78 is 5.92. The van der Waals surface area contributed by atoms with Crippen LogP contribution in [0.5, 0.6) is 0 Å². The smallest absolute Gasteiger partial charge is 0.306 e. The van der Waals surface area contributed by atoms with E-state index in [0.29, 0.717) is 34.9 Å². The number of rotatable bonds is 1. The van der Waals surface area contributed by atoms with Gasteiger partial charge in [0.05, 0.1) is 0 Å². The Bertz CT molecular complexity index is 671. The summed E-state index contributed by atoms with van der Waals surface area (Å²) in [6, 6.07) is 0. The Morgan fingerprint density at radius 3 is 2.33 bits per heavy atom. The third-order valence-electron chi connectivity index (χ3n) is 10.4. The van der Waals surface area contributed by atoms with Crippen LogP contribution in [0.25, 0.3) is 0 Å². The predicted octanol–water partition coefficient (Wildman–Crippen LogP) is 5.31. The summed E-state index contributed by atoms with van der Waals surface area (Å²) in [4.78, 5) is 23.9. The summed E-state index contributed by atoms with van der Waals surface area (Å²) in [6.07, 6.45) is 12.0. The SMILES string of the molecule is C[C@]12CCC(=O)C[C@H]1CC[C@@H]1[C@@H]2CC[C@@]2(C)[C@H]1CC[C@@H]2[C@]1(C)CCC(=O)O1. The van der Waals surface area contributed by atoms with Gasteiger partial charge in [0.25, 0.3) is 0 Å². The van der Waals surface area contributed by atoms with Gasteiger partial charge >= 0.3 is 5.97 Å². The van der Waals surface area contributed by atoms with Crippen molar-refractivity contribution in [3.05, 3.63) is 0 Å². The highest BCUT2D eigenvalue weighted by atomic mass is 16.6. The molecule has 150 valence electrons. The van der Waals surface area contributed by atoms with Crippen LogP contribution in [0.3, 0.4) is 0 Å². The molecule has 0 bridgehead atoms. The van der Waals surface area contributed by atoms with E-state index >= 15 is 0 Å². The first kappa shape index (κ1) is 18.2. The van der Waals surface area contributed by atoms with Crippen LogP contribution >= 0.6 is 0 Å². The van der Waals surface area contributed by atoms with Crippen LogP contribution in [-0.2, 0) is 14.3 Å². The van der Waals surface area contributed by atoms with Crippen molar-refractivity contribution in [2.75, 3.05) is 0 Å². The average Bonchev–Trinajstić information content (AvgIpc) is 3.15. The van der Waals surface area contributed by atoms with Gasteiger partial charge in [-0.2, -0.15) is 0 Å². The van der Waals surface area contributed by atoms with E-state index in [0.717, 1.165) is 43.4 Å². The third-order valence-corrected chi connectivity index (χ3v) is 10.4. The lowest BCUT2D eigenvalue weighted by Crippen LogP contribution is -2.55. The van der Waals surface area contributed by atoms with Crippen LogP contribution in [0.15, 0.2) is 0 Å². The van der Waals surface area contributed by atoms with Crippen LogP contribution < -0.4 is 0 Å². The molecule has 4 aliphatic carbocycles. The Morgan fingerprint density at radius 2 is 1.59 bits per heavy atom. The first-order valence-corrected chi connectivity index (χ1v) is 11.5. The van der Waals surface area contributed by atoms with Crippen molar-refractivity contribution >= 4 is 11.8 Å². The van der Waals surface area contributed by atoms with Gasteiger partial charge in [0.1, 0.15) is 11.4 Å². The lowest BCUT2D eigenvalue weighted by Gasteiger charge is -2.61. The topological polar surface area (TPSA) is 43.4 Å². The minimum Gasteiger partial charge on any atom is -0.459 e. The Kier molecular flexibility index (Phi) is 3.93. The van der Waals surface area contributed by atoms with Gasteiger partial charge in [0.2, 0.25) is 0 Å². The Labute approximate surface area is 164 Å². The first-order valence-electron chi connectivity index (χ1n) is 11.5. The van der Waals surface area contributed by atoms with Gasteiger partial charge in [-0.1, -0.05) is 13.8 Å². The fourth-order valence-corrected chi connectivity index (χ4v) is 9.01. The van der Waals surface area contributed by atoms with Gasteiger partial charge in [-0.3, -0.25) is 9.59 Å². The van der Waals surface area contributed by atoms with E-state index in [1.54, 1.807) is 0 Å². The number of esters is 1. The molecule has 0 spiro atoms. The highest BCUT2D eigenvalue weighted by Gasteiger charge is 2.63. The number of carbonyl (C=O) groups excluding carboxylic acids is 2. The van der Waals surface area contributed by atoms with Crippen molar-refractivity contribution in [3.8, 4) is 0 Å². The Morgan fingerprint density at radius 1 is 0.815 bits per heavy atom. The molecule has 5 rings (SSSR count). The average molecular weight is 373 g/mol. The third kappa shape index (κ3) is 2.45. The molecule has 0 amide bonds. The van der Waals surface area contributed by atoms with Gasteiger partial charge in [-0.15, -0.1) is 0 Å². The molecule has 0 N–H and O–H groups in total.